The van der Waals surface area contributed by atoms with Gasteiger partial charge in [-0.15, -0.1) is 0 Å². The number of aryl methyl sites for hydroxylation is 2. The van der Waals surface area contributed by atoms with Crippen LogP contribution in [-0.4, -0.2) is 93.6 Å². The first kappa shape index (κ1) is 37.1. The van der Waals surface area contributed by atoms with E-state index in [-0.39, 0.29) is 5.56 Å². The number of carboxylic acid groups (broad SMARTS) is 1. The number of hydrogen-bond acceptors (Lipinski definition) is 6. The van der Waals surface area contributed by atoms with Gasteiger partial charge in [-0.05, 0) is 80.0 Å². The number of benzene rings is 3. The number of carbonyl (C=O) groups is 1. The second kappa shape index (κ2) is 18.2. The Labute approximate surface area is 291 Å². The van der Waals surface area contributed by atoms with Crippen LogP contribution in [0.5, 0.6) is 0 Å². The fourth-order valence-corrected chi connectivity index (χ4v) is 6.25. The molecule has 0 aliphatic rings. The van der Waals surface area contributed by atoms with Crippen LogP contribution in [0, 0.1) is 18.4 Å². The molecule has 260 valence electrons. The highest BCUT2D eigenvalue weighted by Crippen LogP contribution is 2.29. The molecular formula is C39H52N8O2. The Balaban J connectivity index is 1.72. The summed E-state index contributed by atoms with van der Waals surface area (Å²) < 4.78 is 2.26. The molecule has 0 amide bonds. The zero-order chi connectivity index (χ0) is 35.3. The maximum absolute atomic E-state index is 11.8. The summed E-state index contributed by atoms with van der Waals surface area (Å²) in [5.41, 5.74) is 6.68. The molecule has 0 radical (unpaired) electrons. The smallest absolute Gasteiger partial charge is 0.336 e. The van der Waals surface area contributed by atoms with Gasteiger partial charge in [0.15, 0.2) is 6.19 Å². The van der Waals surface area contributed by atoms with Crippen molar-refractivity contribution in [3.8, 4) is 17.3 Å². The molecule has 0 fully saturated rings. The van der Waals surface area contributed by atoms with Crippen molar-refractivity contribution in [2.75, 3.05) is 52.4 Å². The first-order chi connectivity index (χ1) is 23.8. The quantitative estimate of drug-likeness (QED) is 0.0552. The molecule has 0 aliphatic carbocycles. The molecule has 1 heterocycles. The second-order valence-corrected chi connectivity index (χ2v) is 12.3. The molecular weight excluding hydrogens is 612 g/mol. The Morgan fingerprint density at radius 2 is 1.55 bits per heavy atom. The van der Waals surface area contributed by atoms with E-state index in [0.717, 1.165) is 104 Å². The highest BCUT2D eigenvalue weighted by atomic mass is 16.4. The number of imidazole rings is 1. The molecule has 0 aliphatic heterocycles. The van der Waals surface area contributed by atoms with Crippen molar-refractivity contribution in [3.63, 3.8) is 0 Å². The van der Waals surface area contributed by atoms with Gasteiger partial charge in [0.25, 0.3) is 0 Å². The zero-order valence-corrected chi connectivity index (χ0v) is 30.0. The Morgan fingerprint density at radius 3 is 2.12 bits per heavy atom. The lowest BCUT2D eigenvalue weighted by atomic mass is 9.99. The summed E-state index contributed by atoms with van der Waals surface area (Å²) in [4.78, 5) is 28.9. The maximum atomic E-state index is 11.8. The molecule has 0 unspecified atom stereocenters. The topological polar surface area (TPSA) is 113 Å². The third-order valence-electron chi connectivity index (χ3n) is 9.21. The van der Waals surface area contributed by atoms with E-state index in [4.69, 9.17) is 9.98 Å². The molecule has 10 nitrogen and oxygen atoms in total. The SMILES string of the molecule is CCCc1nc2c(C)cc(N=C(NC#N)N(CCN(CC)CC)CCN(CC)CC)cc2n1Cc1ccc(-c2ccccc2C(=O)O)cc1. The normalized spacial score (nSPS) is 11.8. The molecule has 0 bridgehead atoms. The first-order valence-electron chi connectivity index (χ1n) is 17.6. The Kier molecular flexibility index (Phi) is 13.7. The molecule has 0 spiro atoms. The van der Waals surface area contributed by atoms with E-state index in [0.29, 0.717) is 18.1 Å². The van der Waals surface area contributed by atoms with Gasteiger partial charge in [0, 0.05) is 39.1 Å². The average molecular weight is 665 g/mol. The van der Waals surface area contributed by atoms with Crippen LogP contribution in [0.1, 0.15) is 68.3 Å². The number of aliphatic imine (C=N–C) groups is 1. The lowest BCUT2D eigenvalue weighted by molar-refractivity contribution is 0.0697. The number of fused-ring (bicyclic) bond motifs is 1. The number of aromatic nitrogens is 2. The Morgan fingerprint density at radius 1 is 0.918 bits per heavy atom. The van der Waals surface area contributed by atoms with Crippen LogP contribution in [0.3, 0.4) is 0 Å². The molecule has 0 atom stereocenters. The Hall–Kier alpha value is -4.72. The number of nitrogens with one attached hydrogen (secondary N) is 1. The molecule has 1 aromatic heterocycles. The minimum atomic E-state index is -0.938. The van der Waals surface area contributed by atoms with Crippen molar-refractivity contribution < 1.29 is 9.90 Å². The minimum absolute atomic E-state index is 0.287. The number of nitriles is 1. The number of aromatic carboxylic acids is 1. The van der Waals surface area contributed by atoms with Crippen molar-refractivity contribution >= 4 is 28.6 Å². The first-order valence-corrected chi connectivity index (χ1v) is 17.6. The second-order valence-electron chi connectivity index (χ2n) is 12.3. The maximum Gasteiger partial charge on any atom is 0.336 e. The summed E-state index contributed by atoms with van der Waals surface area (Å²) in [6, 6.07) is 19.3. The van der Waals surface area contributed by atoms with Crippen LogP contribution < -0.4 is 5.32 Å². The van der Waals surface area contributed by atoms with E-state index >= 15 is 0 Å². The van der Waals surface area contributed by atoms with Crippen LogP contribution >= 0.6 is 0 Å². The van der Waals surface area contributed by atoms with Gasteiger partial charge in [-0.2, -0.15) is 5.26 Å². The van der Waals surface area contributed by atoms with Crippen molar-refractivity contribution in [2.24, 2.45) is 4.99 Å². The highest BCUT2D eigenvalue weighted by Gasteiger charge is 2.18. The summed E-state index contributed by atoms with van der Waals surface area (Å²) >= 11 is 0. The number of guanidine groups is 1. The monoisotopic (exact) mass is 664 g/mol. The predicted molar refractivity (Wildman–Crippen MR) is 199 cm³/mol. The molecule has 4 aromatic rings. The fraction of sp³-hybridized carbons (Fsp3) is 0.436. The molecule has 0 saturated heterocycles. The summed E-state index contributed by atoms with van der Waals surface area (Å²) in [6.07, 6.45) is 3.94. The molecule has 0 saturated carbocycles. The van der Waals surface area contributed by atoms with E-state index < -0.39 is 5.97 Å². The van der Waals surface area contributed by atoms with E-state index in [2.05, 4.69) is 96.6 Å². The predicted octanol–water partition coefficient (Wildman–Crippen LogP) is 6.75. The molecule has 4 rings (SSSR count). The van der Waals surface area contributed by atoms with E-state index in [1.807, 2.05) is 24.3 Å². The summed E-state index contributed by atoms with van der Waals surface area (Å²) in [7, 11) is 0. The zero-order valence-electron chi connectivity index (χ0n) is 30.0. The van der Waals surface area contributed by atoms with E-state index in [1.54, 1.807) is 12.1 Å². The minimum Gasteiger partial charge on any atom is -0.478 e. The van der Waals surface area contributed by atoms with Gasteiger partial charge in [-0.1, -0.05) is 77.1 Å². The Bertz CT molecular complexity index is 1730. The van der Waals surface area contributed by atoms with Crippen molar-refractivity contribution in [1.82, 2.24) is 29.6 Å². The standard InChI is InChI=1S/C39H52N8O2/c1-7-14-36-43-37-29(6)25-32(42-39(41-28-40)46(23-21-44(8-2)9-3)24-22-45(10-4)11-5)26-35(37)47(36)27-30-17-19-31(20-18-30)33-15-12-13-16-34(33)38(48)49/h12-13,15-20,25-26H,7-11,14,21-24,27H2,1-6H3,(H,41,42)(H,48,49). The molecule has 3 aromatic carbocycles. The van der Waals surface area contributed by atoms with Crippen LogP contribution in [0.4, 0.5) is 5.69 Å². The number of likely N-dealkylation sites (N-methyl/N-ethyl adjacent to an activating group) is 2. The fourth-order valence-electron chi connectivity index (χ4n) is 6.25. The molecule has 10 heteroatoms. The number of rotatable bonds is 17. The van der Waals surface area contributed by atoms with Crippen LogP contribution in [-0.2, 0) is 13.0 Å². The van der Waals surface area contributed by atoms with Crippen LogP contribution in [0.2, 0.25) is 0 Å². The van der Waals surface area contributed by atoms with Crippen LogP contribution in [0.25, 0.3) is 22.2 Å². The third-order valence-corrected chi connectivity index (χ3v) is 9.21. The summed E-state index contributed by atoms with van der Waals surface area (Å²) in [6.45, 7) is 20.7. The molecule has 2 N–H and O–H groups in total. The van der Waals surface area contributed by atoms with Gasteiger partial charge in [-0.25, -0.2) is 14.8 Å². The lowest BCUT2D eigenvalue weighted by Crippen LogP contribution is -2.46. The number of hydrogen-bond donors (Lipinski definition) is 2. The van der Waals surface area contributed by atoms with Gasteiger partial charge < -0.3 is 24.4 Å². The number of carboxylic acids is 1. The van der Waals surface area contributed by atoms with Crippen molar-refractivity contribution in [1.29, 1.82) is 5.26 Å². The van der Waals surface area contributed by atoms with E-state index in [9.17, 15) is 15.2 Å². The van der Waals surface area contributed by atoms with E-state index in [1.165, 1.54) is 0 Å². The van der Waals surface area contributed by atoms with Crippen molar-refractivity contribution in [2.45, 2.75) is 60.9 Å². The molecule has 49 heavy (non-hydrogen) atoms. The van der Waals surface area contributed by atoms with Gasteiger partial charge >= 0.3 is 5.97 Å². The third kappa shape index (κ3) is 9.46. The summed E-state index contributed by atoms with van der Waals surface area (Å²) in [5.74, 6) is 0.627. The lowest BCUT2D eigenvalue weighted by Gasteiger charge is -2.30. The van der Waals surface area contributed by atoms with Gasteiger partial charge in [0.1, 0.15) is 5.82 Å². The van der Waals surface area contributed by atoms with Gasteiger partial charge in [0.05, 0.1) is 22.3 Å². The summed E-state index contributed by atoms with van der Waals surface area (Å²) in [5, 5.41) is 22.4. The largest absolute Gasteiger partial charge is 0.478 e. The highest BCUT2D eigenvalue weighted by molar-refractivity contribution is 5.96. The van der Waals surface area contributed by atoms with Gasteiger partial charge in [-0.3, -0.25) is 5.32 Å². The van der Waals surface area contributed by atoms with Gasteiger partial charge in [0.2, 0.25) is 5.96 Å². The average Bonchev–Trinajstić information content (AvgIpc) is 3.45. The van der Waals surface area contributed by atoms with Crippen molar-refractivity contribution in [3.05, 3.63) is 83.2 Å². The number of nitrogens with zero attached hydrogens (tertiary/aromatic N) is 7. The van der Waals surface area contributed by atoms with Crippen LogP contribution in [0.15, 0.2) is 65.7 Å².